The van der Waals surface area contributed by atoms with Crippen LogP contribution in [0.4, 0.5) is 4.79 Å². The second-order valence-electron chi connectivity index (χ2n) is 1.81. The van der Waals surface area contributed by atoms with Crippen molar-refractivity contribution >= 4 is 12.2 Å². The van der Waals surface area contributed by atoms with Crippen LogP contribution in [0.15, 0.2) is 4.99 Å². The molecule has 56 valence electrons. The molecule has 0 aromatic rings. The van der Waals surface area contributed by atoms with Crippen molar-refractivity contribution in [3.8, 4) is 0 Å². The molecule has 0 aliphatic rings. The standard InChI is InChI=1S/C6H9NO3/c1-3-5(2)10-6(9)7-4-8/h5H,3H2,1-2H3. The van der Waals surface area contributed by atoms with Gasteiger partial charge in [-0.25, -0.2) is 9.59 Å². The van der Waals surface area contributed by atoms with Gasteiger partial charge in [0.2, 0.25) is 6.08 Å². The Balaban J connectivity index is 3.67. The van der Waals surface area contributed by atoms with E-state index in [1.54, 1.807) is 6.92 Å². The van der Waals surface area contributed by atoms with E-state index in [4.69, 9.17) is 0 Å². The number of carbonyl (C=O) groups is 1. The van der Waals surface area contributed by atoms with Gasteiger partial charge in [0.25, 0.3) is 0 Å². The highest BCUT2D eigenvalue weighted by Gasteiger charge is 2.04. The molecule has 0 aromatic heterocycles. The summed E-state index contributed by atoms with van der Waals surface area (Å²) in [6, 6.07) is 0. The number of aliphatic imine (C=N–C) groups is 1. The lowest BCUT2D eigenvalue weighted by atomic mass is 10.3. The molecular weight excluding hydrogens is 134 g/mol. The second-order valence-corrected chi connectivity index (χ2v) is 1.81. The van der Waals surface area contributed by atoms with E-state index in [0.29, 0.717) is 6.42 Å². The average molecular weight is 143 g/mol. The minimum Gasteiger partial charge on any atom is -0.444 e. The molecule has 0 spiro atoms. The van der Waals surface area contributed by atoms with E-state index in [1.165, 1.54) is 0 Å². The number of isocyanates is 1. The van der Waals surface area contributed by atoms with Gasteiger partial charge in [0.15, 0.2) is 0 Å². The van der Waals surface area contributed by atoms with E-state index in [0.717, 1.165) is 6.08 Å². The summed E-state index contributed by atoms with van der Waals surface area (Å²) >= 11 is 0. The monoisotopic (exact) mass is 143 g/mol. The minimum absolute atomic E-state index is 0.190. The molecule has 1 amide bonds. The lowest BCUT2D eigenvalue weighted by molar-refractivity contribution is 0.114. The SMILES string of the molecule is CCC(C)OC(=O)N=C=O. The predicted octanol–water partition coefficient (Wildman–Crippen LogP) is 1.26. The topological polar surface area (TPSA) is 55.7 Å². The van der Waals surface area contributed by atoms with Crippen LogP contribution >= 0.6 is 0 Å². The summed E-state index contributed by atoms with van der Waals surface area (Å²) in [5, 5.41) is 0. The lowest BCUT2D eigenvalue weighted by Crippen LogP contribution is -2.09. The van der Waals surface area contributed by atoms with Crippen molar-refractivity contribution in [1.29, 1.82) is 0 Å². The first-order valence-electron chi connectivity index (χ1n) is 2.99. The summed E-state index contributed by atoms with van der Waals surface area (Å²) in [5.41, 5.74) is 0. The second kappa shape index (κ2) is 4.70. The van der Waals surface area contributed by atoms with Crippen LogP contribution in [0.5, 0.6) is 0 Å². The molecule has 0 saturated heterocycles. The molecule has 1 unspecified atom stereocenters. The maximum Gasteiger partial charge on any atom is 0.444 e. The Hall–Kier alpha value is -1.15. The average Bonchev–Trinajstić information content (AvgIpc) is 1.88. The van der Waals surface area contributed by atoms with Crippen LogP contribution in [-0.4, -0.2) is 18.3 Å². The Morgan fingerprint density at radius 1 is 1.80 bits per heavy atom. The largest absolute Gasteiger partial charge is 0.444 e. The van der Waals surface area contributed by atoms with Crippen LogP contribution in [0.2, 0.25) is 0 Å². The fourth-order valence-corrected chi connectivity index (χ4v) is 0.319. The van der Waals surface area contributed by atoms with Crippen molar-refractivity contribution in [2.45, 2.75) is 26.4 Å². The molecule has 4 heteroatoms. The number of carbonyl (C=O) groups excluding carboxylic acids is 2. The van der Waals surface area contributed by atoms with Crippen molar-refractivity contribution in [3.63, 3.8) is 0 Å². The highest BCUT2D eigenvalue weighted by atomic mass is 16.6. The van der Waals surface area contributed by atoms with Gasteiger partial charge in [-0.1, -0.05) is 11.9 Å². The molecule has 0 bridgehead atoms. The maximum absolute atomic E-state index is 10.4. The minimum atomic E-state index is -0.871. The van der Waals surface area contributed by atoms with Gasteiger partial charge in [-0.2, -0.15) is 0 Å². The zero-order chi connectivity index (χ0) is 7.98. The van der Waals surface area contributed by atoms with Crippen LogP contribution in [0, 0.1) is 0 Å². The van der Waals surface area contributed by atoms with Gasteiger partial charge >= 0.3 is 6.09 Å². The Morgan fingerprint density at radius 2 is 2.40 bits per heavy atom. The fraction of sp³-hybridized carbons (Fsp3) is 0.667. The van der Waals surface area contributed by atoms with Crippen LogP contribution in [0.25, 0.3) is 0 Å². The van der Waals surface area contributed by atoms with E-state index < -0.39 is 6.09 Å². The molecular formula is C6H9NO3. The van der Waals surface area contributed by atoms with E-state index in [-0.39, 0.29) is 6.10 Å². The molecule has 1 atom stereocenters. The van der Waals surface area contributed by atoms with E-state index in [2.05, 4.69) is 9.73 Å². The third-order valence-corrected chi connectivity index (χ3v) is 1.01. The van der Waals surface area contributed by atoms with Gasteiger partial charge < -0.3 is 4.74 Å². The van der Waals surface area contributed by atoms with E-state index in [1.807, 2.05) is 6.92 Å². The van der Waals surface area contributed by atoms with Crippen molar-refractivity contribution < 1.29 is 14.3 Å². The van der Waals surface area contributed by atoms with Crippen LogP contribution in [0.3, 0.4) is 0 Å². The first-order valence-corrected chi connectivity index (χ1v) is 2.99. The number of hydrogen-bond acceptors (Lipinski definition) is 3. The zero-order valence-electron chi connectivity index (χ0n) is 5.96. The summed E-state index contributed by atoms with van der Waals surface area (Å²) in [5.74, 6) is 0. The maximum atomic E-state index is 10.4. The van der Waals surface area contributed by atoms with E-state index in [9.17, 15) is 9.59 Å². The molecule has 0 N–H and O–H groups in total. The number of ether oxygens (including phenoxy) is 1. The highest BCUT2D eigenvalue weighted by Crippen LogP contribution is 1.96. The van der Waals surface area contributed by atoms with Gasteiger partial charge in [-0.05, 0) is 13.3 Å². The summed E-state index contributed by atoms with van der Waals surface area (Å²) in [4.78, 5) is 22.6. The van der Waals surface area contributed by atoms with Crippen molar-refractivity contribution in [3.05, 3.63) is 0 Å². The number of rotatable bonds is 2. The molecule has 0 aliphatic carbocycles. The third-order valence-electron chi connectivity index (χ3n) is 1.01. The van der Waals surface area contributed by atoms with E-state index >= 15 is 0 Å². The summed E-state index contributed by atoms with van der Waals surface area (Å²) in [6.45, 7) is 3.58. The molecule has 4 nitrogen and oxygen atoms in total. The quantitative estimate of drug-likeness (QED) is 0.432. The highest BCUT2D eigenvalue weighted by molar-refractivity contribution is 5.74. The molecule has 0 rings (SSSR count). The third kappa shape index (κ3) is 3.80. The molecule has 0 aliphatic heterocycles. The Morgan fingerprint density at radius 3 is 2.80 bits per heavy atom. The predicted molar refractivity (Wildman–Crippen MR) is 34.4 cm³/mol. The van der Waals surface area contributed by atoms with Gasteiger partial charge in [0, 0.05) is 0 Å². The molecule has 0 radical (unpaired) electrons. The number of hydrogen-bond donors (Lipinski definition) is 0. The summed E-state index contributed by atoms with van der Waals surface area (Å²) in [7, 11) is 0. The van der Waals surface area contributed by atoms with Crippen molar-refractivity contribution in [2.75, 3.05) is 0 Å². The van der Waals surface area contributed by atoms with Gasteiger partial charge in [-0.3, -0.25) is 0 Å². The molecule has 0 saturated carbocycles. The van der Waals surface area contributed by atoms with Crippen LogP contribution in [-0.2, 0) is 9.53 Å². The fourth-order valence-electron chi connectivity index (χ4n) is 0.319. The first kappa shape index (κ1) is 8.85. The molecule has 10 heavy (non-hydrogen) atoms. The lowest BCUT2D eigenvalue weighted by Gasteiger charge is -2.05. The zero-order valence-corrected chi connectivity index (χ0v) is 5.96. The Kier molecular flexibility index (Phi) is 4.16. The van der Waals surface area contributed by atoms with Gasteiger partial charge in [0.1, 0.15) is 6.10 Å². The molecule has 0 aromatic carbocycles. The number of nitrogens with zero attached hydrogens (tertiary/aromatic N) is 1. The molecule has 0 fully saturated rings. The molecule has 0 heterocycles. The number of amides is 1. The van der Waals surface area contributed by atoms with Crippen LogP contribution in [0.1, 0.15) is 20.3 Å². The Labute approximate surface area is 58.9 Å². The van der Waals surface area contributed by atoms with Crippen LogP contribution < -0.4 is 0 Å². The summed E-state index contributed by atoms with van der Waals surface area (Å²) < 4.78 is 4.57. The smallest absolute Gasteiger partial charge is 0.444 e. The van der Waals surface area contributed by atoms with Crippen molar-refractivity contribution in [2.24, 2.45) is 4.99 Å². The van der Waals surface area contributed by atoms with Gasteiger partial charge in [-0.15, -0.1) is 0 Å². The van der Waals surface area contributed by atoms with Crippen molar-refractivity contribution in [1.82, 2.24) is 0 Å². The Bertz CT molecular complexity index is 160. The first-order chi connectivity index (χ1) is 4.70. The normalized spacial score (nSPS) is 11.4. The van der Waals surface area contributed by atoms with Gasteiger partial charge in [0.05, 0.1) is 0 Å². The summed E-state index contributed by atoms with van der Waals surface area (Å²) in [6.07, 6.45) is 0.745.